The highest BCUT2D eigenvalue weighted by Gasteiger charge is 2.08. The number of hydrogen-bond donors (Lipinski definition) is 0. The Morgan fingerprint density at radius 1 is 0.900 bits per heavy atom. The van der Waals surface area contributed by atoms with Crippen LogP contribution in [0.3, 0.4) is 0 Å². The average molecular weight is 266 g/mol. The van der Waals surface area contributed by atoms with E-state index in [0.29, 0.717) is 0 Å². The molecule has 104 valence electrons. The molecular formula is C19H22O. The molecule has 0 bridgehead atoms. The van der Waals surface area contributed by atoms with E-state index in [0.717, 1.165) is 0 Å². The van der Waals surface area contributed by atoms with Crippen molar-refractivity contribution in [1.29, 1.82) is 0 Å². The summed E-state index contributed by atoms with van der Waals surface area (Å²) in [6.07, 6.45) is 2.17. The van der Waals surface area contributed by atoms with Crippen LogP contribution in [-0.2, 0) is 4.74 Å². The SMILES string of the molecule is COC(/C=C(\C)c1ccc(C)cc1)c1ccc(C)cc1. The van der Waals surface area contributed by atoms with Gasteiger partial charge in [-0.15, -0.1) is 0 Å². The van der Waals surface area contributed by atoms with Crippen LogP contribution >= 0.6 is 0 Å². The molecule has 2 aromatic carbocycles. The van der Waals surface area contributed by atoms with Crippen LogP contribution in [0.1, 0.15) is 35.3 Å². The fraction of sp³-hybridized carbons (Fsp3) is 0.263. The van der Waals surface area contributed by atoms with Gasteiger partial charge in [0.15, 0.2) is 0 Å². The molecule has 0 radical (unpaired) electrons. The van der Waals surface area contributed by atoms with E-state index in [2.05, 4.69) is 75.4 Å². The molecule has 0 amide bonds. The van der Waals surface area contributed by atoms with Crippen molar-refractivity contribution in [2.75, 3.05) is 7.11 Å². The van der Waals surface area contributed by atoms with Gasteiger partial charge < -0.3 is 4.74 Å². The molecule has 0 aliphatic carbocycles. The van der Waals surface area contributed by atoms with Gasteiger partial charge in [0.05, 0.1) is 0 Å². The number of allylic oxidation sites excluding steroid dienone is 1. The van der Waals surface area contributed by atoms with Gasteiger partial charge >= 0.3 is 0 Å². The molecule has 1 heteroatoms. The second-order valence-corrected chi connectivity index (χ2v) is 5.28. The molecule has 0 N–H and O–H groups in total. The summed E-state index contributed by atoms with van der Waals surface area (Å²) in [4.78, 5) is 0. The minimum absolute atomic E-state index is 0.00287. The molecule has 2 rings (SSSR count). The summed E-state index contributed by atoms with van der Waals surface area (Å²) >= 11 is 0. The smallest absolute Gasteiger partial charge is 0.101 e. The lowest BCUT2D eigenvalue weighted by molar-refractivity contribution is 0.143. The molecule has 20 heavy (non-hydrogen) atoms. The maximum absolute atomic E-state index is 5.62. The largest absolute Gasteiger partial charge is 0.373 e. The summed E-state index contributed by atoms with van der Waals surface area (Å²) in [5.41, 5.74) is 6.21. The molecule has 0 aromatic heterocycles. The van der Waals surface area contributed by atoms with Gasteiger partial charge in [-0.2, -0.15) is 0 Å². The van der Waals surface area contributed by atoms with Crippen LogP contribution in [0.25, 0.3) is 5.57 Å². The molecule has 0 heterocycles. The summed E-state index contributed by atoms with van der Waals surface area (Å²) in [6.45, 7) is 6.33. The minimum Gasteiger partial charge on any atom is -0.373 e. The Morgan fingerprint density at radius 2 is 1.40 bits per heavy atom. The van der Waals surface area contributed by atoms with Gasteiger partial charge in [-0.05, 0) is 43.5 Å². The molecule has 2 aromatic rings. The average Bonchev–Trinajstić information content (AvgIpc) is 2.46. The Balaban J connectivity index is 2.25. The minimum atomic E-state index is -0.00287. The fourth-order valence-corrected chi connectivity index (χ4v) is 2.20. The number of ether oxygens (including phenoxy) is 1. The van der Waals surface area contributed by atoms with E-state index in [9.17, 15) is 0 Å². The highest BCUT2D eigenvalue weighted by Crippen LogP contribution is 2.24. The molecule has 1 unspecified atom stereocenters. The first-order valence-corrected chi connectivity index (χ1v) is 6.95. The Kier molecular flexibility index (Phi) is 4.75. The lowest BCUT2D eigenvalue weighted by atomic mass is 10.0. The molecular weight excluding hydrogens is 244 g/mol. The van der Waals surface area contributed by atoms with Crippen molar-refractivity contribution in [3.63, 3.8) is 0 Å². The highest BCUT2D eigenvalue weighted by molar-refractivity contribution is 5.64. The number of benzene rings is 2. The van der Waals surface area contributed by atoms with Crippen LogP contribution in [0, 0.1) is 13.8 Å². The Hall–Kier alpha value is -1.86. The molecule has 1 nitrogen and oxygen atoms in total. The number of hydrogen-bond acceptors (Lipinski definition) is 1. The lowest BCUT2D eigenvalue weighted by Crippen LogP contribution is -1.99. The predicted octanol–water partition coefficient (Wildman–Crippen LogP) is 5.09. The van der Waals surface area contributed by atoms with Crippen LogP contribution in [0.5, 0.6) is 0 Å². The number of rotatable bonds is 4. The van der Waals surface area contributed by atoms with Crippen LogP contribution in [0.4, 0.5) is 0 Å². The van der Waals surface area contributed by atoms with Crippen LogP contribution < -0.4 is 0 Å². The zero-order chi connectivity index (χ0) is 14.5. The normalized spacial score (nSPS) is 13.3. The predicted molar refractivity (Wildman–Crippen MR) is 85.8 cm³/mol. The summed E-state index contributed by atoms with van der Waals surface area (Å²) < 4.78 is 5.62. The van der Waals surface area contributed by atoms with Gasteiger partial charge in [0.1, 0.15) is 6.10 Å². The fourth-order valence-electron chi connectivity index (χ4n) is 2.20. The standard InChI is InChI=1S/C19H22O/c1-14-5-9-17(10-6-14)16(3)13-19(20-4)18-11-7-15(2)8-12-18/h5-13,19H,1-4H3/b16-13+. The van der Waals surface area contributed by atoms with Crippen molar-refractivity contribution in [2.24, 2.45) is 0 Å². The van der Waals surface area contributed by atoms with Crippen molar-refractivity contribution in [3.8, 4) is 0 Å². The summed E-state index contributed by atoms with van der Waals surface area (Å²) in [7, 11) is 1.75. The van der Waals surface area contributed by atoms with E-state index < -0.39 is 0 Å². The second-order valence-electron chi connectivity index (χ2n) is 5.28. The van der Waals surface area contributed by atoms with Crippen LogP contribution in [-0.4, -0.2) is 7.11 Å². The third-order valence-electron chi connectivity index (χ3n) is 3.57. The van der Waals surface area contributed by atoms with Crippen molar-refractivity contribution in [3.05, 3.63) is 76.9 Å². The number of aryl methyl sites for hydroxylation is 2. The molecule has 0 spiro atoms. The molecule has 0 aliphatic rings. The van der Waals surface area contributed by atoms with E-state index in [1.807, 2.05) is 0 Å². The second kappa shape index (κ2) is 6.53. The third-order valence-corrected chi connectivity index (χ3v) is 3.57. The van der Waals surface area contributed by atoms with Gasteiger partial charge in [-0.1, -0.05) is 59.7 Å². The zero-order valence-corrected chi connectivity index (χ0v) is 12.7. The van der Waals surface area contributed by atoms with E-state index >= 15 is 0 Å². The quantitative estimate of drug-likeness (QED) is 0.748. The Morgan fingerprint density at radius 3 is 1.90 bits per heavy atom. The van der Waals surface area contributed by atoms with E-state index in [1.165, 1.54) is 27.8 Å². The van der Waals surface area contributed by atoms with Gasteiger partial charge in [0, 0.05) is 7.11 Å². The van der Waals surface area contributed by atoms with E-state index in [4.69, 9.17) is 4.74 Å². The Bertz CT molecular complexity index is 576. The maximum Gasteiger partial charge on any atom is 0.101 e. The van der Waals surface area contributed by atoms with Crippen molar-refractivity contribution >= 4 is 5.57 Å². The number of methoxy groups -OCH3 is 1. The third kappa shape index (κ3) is 3.58. The van der Waals surface area contributed by atoms with Crippen molar-refractivity contribution in [1.82, 2.24) is 0 Å². The summed E-state index contributed by atoms with van der Waals surface area (Å²) in [6, 6.07) is 17.1. The van der Waals surface area contributed by atoms with Gasteiger partial charge in [0.25, 0.3) is 0 Å². The van der Waals surface area contributed by atoms with Crippen LogP contribution in [0.2, 0.25) is 0 Å². The van der Waals surface area contributed by atoms with Gasteiger partial charge in [-0.3, -0.25) is 0 Å². The summed E-state index contributed by atoms with van der Waals surface area (Å²) in [5, 5.41) is 0. The first-order chi connectivity index (χ1) is 9.60. The monoisotopic (exact) mass is 266 g/mol. The van der Waals surface area contributed by atoms with E-state index in [-0.39, 0.29) is 6.10 Å². The van der Waals surface area contributed by atoms with Crippen molar-refractivity contribution < 1.29 is 4.74 Å². The summed E-state index contributed by atoms with van der Waals surface area (Å²) in [5.74, 6) is 0. The highest BCUT2D eigenvalue weighted by atomic mass is 16.5. The zero-order valence-electron chi connectivity index (χ0n) is 12.7. The van der Waals surface area contributed by atoms with Crippen LogP contribution in [0.15, 0.2) is 54.6 Å². The van der Waals surface area contributed by atoms with Crippen molar-refractivity contribution in [2.45, 2.75) is 26.9 Å². The van der Waals surface area contributed by atoms with Gasteiger partial charge in [-0.25, -0.2) is 0 Å². The molecule has 0 saturated carbocycles. The first-order valence-electron chi connectivity index (χ1n) is 6.95. The molecule has 0 saturated heterocycles. The molecule has 0 fully saturated rings. The first kappa shape index (κ1) is 14.5. The molecule has 1 atom stereocenters. The molecule has 0 aliphatic heterocycles. The van der Waals surface area contributed by atoms with Gasteiger partial charge in [0.2, 0.25) is 0 Å². The Labute approximate surface area is 121 Å². The lowest BCUT2D eigenvalue weighted by Gasteiger charge is -2.14. The topological polar surface area (TPSA) is 9.23 Å². The maximum atomic E-state index is 5.62. The van der Waals surface area contributed by atoms with E-state index in [1.54, 1.807) is 7.11 Å².